The summed E-state index contributed by atoms with van der Waals surface area (Å²) in [5.74, 6) is 0.583. The van der Waals surface area contributed by atoms with Gasteiger partial charge in [-0.3, -0.25) is 0 Å². The number of ether oxygens (including phenoxy) is 2. The lowest BCUT2D eigenvalue weighted by molar-refractivity contribution is 0.0478. The molecule has 1 aromatic carbocycles. The molecule has 3 heterocycles. The molecule has 1 aliphatic rings. The number of rotatable bonds is 7. The van der Waals surface area contributed by atoms with Crippen molar-refractivity contribution in [3.05, 3.63) is 42.1 Å². The number of carbonyl (C=O) groups is 2. The molecule has 0 saturated carbocycles. The van der Waals surface area contributed by atoms with Crippen LogP contribution in [-0.4, -0.2) is 63.8 Å². The van der Waals surface area contributed by atoms with Crippen LogP contribution in [-0.2, 0) is 16.0 Å². The van der Waals surface area contributed by atoms with E-state index in [-0.39, 0.29) is 24.6 Å². The maximum absolute atomic E-state index is 11.9. The third-order valence-electron chi connectivity index (χ3n) is 5.33. The Morgan fingerprint density at radius 2 is 1.91 bits per heavy atom. The summed E-state index contributed by atoms with van der Waals surface area (Å²) in [6.07, 6.45) is 2.85. The lowest BCUT2D eigenvalue weighted by atomic mass is 10.1. The van der Waals surface area contributed by atoms with Gasteiger partial charge < -0.3 is 28.7 Å². The van der Waals surface area contributed by atoms with E-state index in [1.165, 1.54) is 6.20 Å². The molecule has 1 amide bonds. The van der Waals surface area contributed by atoms with Gasteiger partial charge in [-0.15, -0.1) is 0 Å². The Bertz CT molecular complexity index is 1080. The zero-order valence-electron chi connectivity index (χ0n) is 18.2. The van der Waals surface area contributed by atoms with Crippen LogP contribution < -0.4 is 5.32 Å². The van der Waals surface area contributed by atoms with Crippen LogP contribution in [0.15, 0.2) is 34.9 Å². The maximum Gasteiger partial charge on any atom is 0.409 e. The van der Waals surface area contributed by atoms with Crippen LogP contribution in [0.3, 0.4) is 0 Å². The van der Waals surface area contributed by atoms with Gasteiger partial charge in [0.1, 0.15) is 5.76 Å². The molecule has 0 spiro atoms. The fourth-order valence-electron chi connectivity index (χ4n) is 3.77. The number of hydrogen-bond acceptors (Lipinski definition) is 8. The van der Waals surface area contributed by atoms with Crippen molar-refractivity contribution in [1.29, 1.82) is 0 Å². The highest BCUT2D eigenvalue weighted by Gasteiger charge is 2.25. The number of fused-ring (bicyclic) bond motifs is 1. The minimum Gasteiger partial charge on any atom is -0.459 e. The molecule has 0 atom stereocenters. The Labute approximate surface area is 185 Å². The van der Waals surface area contributed by atoms with E-state index in [1.807, 2.05) is 28.8 Å². The summed E-state index contributed by atoms with van der Waals surface area (Å²) in [5.41, 5.74) is 1.79. The van der Waals surface area contributed by atoms with Crippen molar-refractivity contribution in [3.63, 3.8) is 0 Å². The highest BCUT2D eigenvalue weighted by molar-refractivity contribution is 5.84. The predicted octanol–water partition coefficient (Wildman–Crippen LogP) is 3.28. The fourth-order valence-corrected chi connectivity index (χ4v) is 3.77. The summed E-state index contributed by atoms with van der Waals surface area (Å²) in [4.78, 5) is 34.3. The van der Waals surface area contributed by atoms with Gasteiger partial charge in [-0.05, 0) is 38.8 Å². The lowest BCUT2D eigenvalue weighted by Crippen LogP contribution is -2.42. The molecule has 0 bridgehead atoms. The van der Waals surface area contributed by atoms with E-state index < -0.39 is 5.97 Å². The Balaban J connectivity index is 1.50. The highest BCUT2D eigenvalue weighted by atomic mass is 16.6. The second-order valence-electron chi connectivity index (χ2n) is 7.47. The Hall–Kier alpha value is -3.56. The SMILES string of the molecule is CCOC(=O)c1ncc(Cn2c(NC3CCN(C(=O)OCC)CC3)nc3ccccc32)o1. The number of imidazole rings is 1. The van der Waals surface area contributed by atoms with E-state index >= 15 is 0 Å². The molecule has 0 aliphatic carbocycles. The molecule has 1 fully saturated rings. The number of nitrogens with zero attached hydrogens (tertiary/aromatic N) is 4. The molecule has 2 aromatic heterocycles. The van der Waals surface area contributed by atoms with Gasteiger partial charge in [-0.2, -0.15) is 0 Å². The van der Waals surface area contributed by atoms with Gasteiger partial charge in [-0.25, -0.2) is 19.6 Å². The topological polar surface area (TPSA) is 112 Å². The molecule has 10 heteroatoms. The standard InChI is InChI=1S/C22H27N5O5/c1-3-30-20(28)19-23-13-16(32-19)14-27-18-8-6-5-7-17(18)25-21(27)24-15-9-11-26(12-10-15)22(29)31-4-2/h5-8,13,15H,3-4,9-12,14H2,1-2H3,(H,24,25). The summed E-state index contributed by atoms with van der Waals surface area (Å²) >= 11 is 0. The number of oxazole rings is 1. The van der Waals surface area contributed by atoms with Gasteiger partial charge in [-0.1, -0.05) is 12.1 Å². The van der Waals surface area contributed by atoms with Crippen LogP contribution in [0.5, 0.6) is 0 Å². The van der Waals surface area contributed by atoms with Crippen LogP contribution in [0.2, 0.25) is 0 Å². The molecular formula is C22H27N5O5. The van der Waals surface area contributed by atoms with E-state index in [9.17, 15) is 9.59 Å². The van der Waals surface area contributed by atoms with Crippen LogP contribution in [0.4, 0.5) is 10.7 Å². The molecular weight excluding hydrogens is 414 g/mol. The molecule has 170 valence electrons. The molecule has 0 radical (unpaired) electrons. The van der Waals surface area contributed by atoms with E-state index in [2.05, 4.69) is 10.3 Å². The van der Waals surface area contributed by atoms with Gasteiger partial charge in [0.25, 0.3) is 0 Å². The Morgan fingerprint density at radius 1 is 1.16 bits per heavy atom. The molecule has 0 unspecified atom stereocenters. The summed E-state index contributed by atoms with van der Waals surface area (Å²) in [6.45, 7) is 5.78. The molecule has 4 rings (SSSR count). The first-order valence-corrected chi connectivity index (χ1v) is 10.8. The summed E-state index contributed by atoms with van der Waals surface area (Å²) in [5, 5.41) is 3.52. The maximum atomic E-state index is 11.9. The second-order valence-corrected chi connectivity index (χ2v) is 7.47. The monoisotopic (exact) mass is 441 g/mol. The van der Waals surface area contributed by atoms with Crippen molar-refractivity contribution in [2.45, 2.75) is 39.3 Å². The zero-order valence-corrected chi connectivity index (χ0v) is 18.2. The van der Waals surface area contributed by atoms with Crippen LogP contribution in [0.25, 0.3) is 11.0 Å². The first-order chi connectivity index (χ1) is 15.6. The van der Waals surface area contributed by atoms with Crippen molar-refractivity contribution in [3.8, 4) is 0 Å². The number of piperidine rings is 1. The van der Waals surface area contributed by atoms with Crippen LogP contribution in [0, 0.1) is 0 Å². The summed E-state index contributed by atoms with van der Waals surface area (Å²) < 4.78 is 17.7. The van der Waals surface area contributed by atoms with Gasteiger partial charge in [0, 0.05) is 19.1 Å². The van der Waals surface area contributed by atoms with Crippen molar-refractivity contribution >= 4 is 29.0 Å². The van der Waals surface area contributed by atoms with Crippen molar-refractivity contribution < 1.29 is 23.5 Å². The minimum absolute atomic E-state index is 0.0629. The van der Waals surface area contributed by atoms with E-state index in [0.29, 0.717) is 37.9 Å². The molecule has 1 N–H and O–H groups in total. The molecule has 3 aromatic rings. The van der Waals surface area contributed by atoms with E-state index in [1.54, 1.807) is 18.7 Å². The Kier molecular flexibility index (Phi) is 6.58. The number of carbonyl (C=O) groups excluding carboxylic acids is 2. The number of aromatic nitrogens is 3. The average molecular weight is 441 g/mol. The smallest absolute Gasteiger partial charge is 0.409 e. The number of hydrogen-bond donors (Lipinski definition) is 1. The summed E-state index contributed by atoms with van der Waals surface area (Å²) in [7, 11) is 0. The first-order valence-electron chi connectivity index (χ1n) is 10.8. The van der Waals surface area contributed by atoms with Crippen molar-refractivity contribution in [2.24, 2.45) is 0 Å². The average Bonchev–Trinajstić information content (AvgIpc) is 3.40. The highest BCUT2D eigenvalue weighted by Crippen LogP contribution is 2.24. The Morgan fingerprint density at radius 3 is 2.66 bits per heavy atom. The number of esters is 1. The fraction of sp³-hybridized carbons (Fsp3) is 0.455. The third kappa shape index (κ3) is 4.68. The van der Waals surface area contributed by atoms with E-state index in [0.717, 1.165) is 23.9 Å². The van der Waals surface area contributed by atoms with E-state index in [4.69, 9.17) is 18.9 Å². The normalized spacial score (nSPS) is 14.5. The second kappa shape index (κ2) is 9.71. The quantitative estimate of drug-likeness (QED) is 0.556. The van der Waals surface area contributed by atoms with Crippen LogP contribution in [0.1, 0.15) is 43.1 Å². The first kappa shape index (κ1) is 21.7. The number of nitrogens with one attached hydrogen (secondary N) is 1. The number of benzene rings is 1. The molecule has 32 heavy (non-hydrogen) atoms. The predicted molar refractivity (Wildman–Crippen MR) is 117 cm³/mol. The molecule has 10 nitrogen and oxygen atoms in total. The summed E-state index contributed by atoms with van der Waals surface area (Å²) in [6, 6.07) is 7.99. The van der Waals surface area contributed by atoms with Gasteiger partial charge >= 0.3 is 18.0 Å². The minimum atomic E-state index is -0.582. The van der Waals surface area contributed by atoms with Gasteiger partial charge in [0.15, 0.2) is 0 Å². The van der Waals surface area contributed by atoms with Crippen molar-refractivity contribution in [2.75, 3.05) is 31.6 Å². The number of para-hydroxylation sites is 2. The molecule has 1 aliphatic heterocycles. The largest absolute Gasteiger partial charge is 0.459 e. The third-order valence-corrected chi connectivity index (χ3v) is 5.33. The molecule has 1 saturated heterocycles. The van der Waals surface area contributed by atoms with Crippen LogP contribution >= 0.6 is 0 Å². The lowest BCUT2D eigenvalue weighted by Gasteiger charge is -2.31. The number of amides is 1. The number of anilines is 1. The van der Waals surface area contributed by atoms with Crippen molar-refractivity contribution in [1.82, 2.24) is 19.4 Å². The van der Waals surface area contributed by atoms with Gasteiger partial charge in [0.2, 0.25) is 5.95 Å². The number of likely N-dealkylation sites (tertiary alicyclic amines) is 1. The van der Waals surface area contributed by atoms with Gasteiger partial charge in [0.05, 0.1) is 37.0 Å². The zero-order chi connectivity index (χ0) is 22.5.